The highest BCUT2D eigenvalue weighted by molar-refractivity contribution is 6.00. The molecule has 1 saturated heterocycles. The van der Waals surface area contributed by atoms with Gasteiger partial charge >= 0.3 is 11.9 Å². The molecule has 1 heterocycles. The van der Waals surface area contributed by atoms with Crippen LogP contribution in [0.5, 0.6) is 0 Å². The number of esters is 2. The highest BCUT2D eigenvalue weighted by Gasteiger charge is 2.49. The van der Waals surface area contributed by atoms with Gasteiger partial charge in [-0.25, -0.2) is 0 Å². The lowest BCUT2D eigenvalue weighted by Crippen LogP contribution is -2.38. The van der Waals surface area contributed by atoms with Crippen molar-refractivity contribution >= 4 is 11.9 Å². The van der Waals surface area contributed by atoms with Gasteiger partial charge in [0.2, 0.25) is 0 Å². The summed E-state index contributed by atoms with van der Waals surface area (Å²) in [6, 6.07) is 0. The molecule has 4 nitrogen and oxygen atoms in total. The minimum Gasteiger partial charge on any atom is -0.465 e. The van der Waals surface area contributed by atoms with Crippen molar-refractivity contribution < 1.29 is 19.1 Å². The minimum absolute atomic E-state index is 0.300. The molecule has 0 aromatic carbocycles. The van der Waals surface area contributed by atoms with Gasteiger partial charge in [-0.15, -0.1) is 0 Å². The fourth-order valence-electron chi connectivity index (χ4n) is 1.19. The largest absolute Gasteiger partial charge is 0.465 e. The van der Waals surface area contributed by atoms with Crippen LogP contribution in [0.15, 0.2) is 0 Å². The fourth-order valence-corrected chi connectivity index (χ4v) is 1.19. The Kier molecular flexibility index (Phi) is 2.56. The van der Waals surface area contributed by atoms with Crippen molar-refractivity contribution in [1.82, 2.24) is 0 Å². The Labute approximate surface area is 83.6 Å². The molecular formula is C10H16O4. The summed E-state index contributed by atoms with van der Waals surface area (Å²) in [4.78, 5) is 23.0. The second kappa shape index (κ2) is 3.26. The molecule has 4 heteroatoms. The van der Waals surface area contributed by atoms with E-state index in [0.29, 0.717) is 13.0 Å². The van der Waals surface area contributed by atoms with Gasteiger partial charge in [0.15, 0.2) is 5.41 Å². The number of ether oxygens (including phenoxy) is 2. The van der Waals surface area contributed by atoms with Crippen LogP contribution >= 0.6 is 0 Å². The fraction of sp³-hybridized carbons (Fsp3) is 0.800. The molecule has 0 aliphatic carbocycles. The lowest BCUT2D eigenvalue weighted by molar-refractivity contribution is -0.171. The van der Waals surface area contributed by atoms with Gasteiger partial charge in [-0.2, -0.15) is 0 Å². The molecule has 0 aromatic rings. The van der Waals surface area contributed by atoms with Crippen LogP contribution in [-0.4, -0.2) is 24.1 Å². The van der Waals surface area contributed by atoms with Crippen molar-refractivity contribution in [3.05, 3.63) is 0 Å². The van der Waals surface area contributed by atoms with Crippen molar-refractivity contribution in [2.75, 3.05) is 6.61 Å². The highest BCUT2D eigenvalue weighted by Crippen LogP contribution is 2.32. The molecule has 80 valence electrons. The van der Waals surface area contributed by atoms with E-state index in [-0.39, 0.29) is 0 Å². The van der Waals surface area contributed by atoms with Crippen LogP contribution in [0.3, 0.4) is 0 Å². The number of hydrogen-bond donors (Lipinski definition) is 0. The van der Waals surface area contributed by atoms with Crippen LogP contribution in [0.25, 0.3) is 0 Å². The summed E-state index contributed by atoms with van der Waals surface area (Å²) < 4.78 is 9.92. The number of hydrogen-bond acceptors (Lipinski definition) is 4. The Morgan fingerprint density at radius 2 is 2.07 bits per heavy atom. The minimum atomic E-state index is -1.10. The summed E-state index contributed by atoms with van der Waals surface area (Å²) in [5, 5.41) is 0. The van der Waals surface area contributed by atoms with Gasteiger partial charge in [-0.1, -0.05) is 0 Å². The third-order valence-corrected chi connectivity index (χ3v) is 2.14. The van der Waals surface area contributed by atoms with Gasteiger partial charge in [0, 0.05) is 6.42 Å². The van der Waals surface area contributed by atoms with Crippen molar-refractivity contribution in [3.63, 3.8) is 0 Å². The lowest BCUT2D eigenvalue weighted by atomic mass is 9.89. The normalized spacial score (nSPS) is 27.3. The number of cyclic esters (lactones) is 1. The summed E-state index contributed by atoms with van der Waals surface area (Å²) >= 11 is 0. The average Bonchev–Trinajstić information content (AvgIpc) is 2.30. The molecule has 0 saturated carbocycles. The number of carbonyl (C=O) groups excluding carboxylic acids is 2. The first-order valence-corrected chi connectivity index (χ1v) is 4.66. The van der Waals surface area contributed by atoms with E-state index in [2.05, 4.69) is 0 Å². The van der Waals surface area contributed by atoms with E-state index in [1.54, 1.807) is 27.7 Å². The molecule has 1 aliphatic heterocycles. The molecule has 0 amide bonds. The molecule has 0 radical (unpaired) electrons. The molecule has 1 atom stereocenters. The number of carbonyl (C=O) groups is 2. The Bertz CT molecular complexity index is 264. The van der Waals surface area contributed by atoms with Crippen molar-refractivity contribution in [2.24, 2.45) is 5.41 Å². The lowest BCUT2D eigenvalue weighted by Gasteiger charge is -2.25. The van der Waals surface area contributed by atoms with E-state index >= 15 is 0 Å². The first-order valence-electron chi connectivity index (χ1n) is 4.66. The Morgan fingerprint density at radius 3 is 2.43 bits per heavy atom. The predicted octanol–water partition coefficient (Wildman–Crippen LogP) is 1.28. The van der Waals surface area contributed by atoms with E-state index < -0.39 is 23.0 Å². The first-order chi connectivity index (χ1) is 6.26. The van der Waals surface area contributed by atoms with Gasteiger partial charge in [0.1, 0.15) is 5.60 Å². The second-order valence-corrected chi connectivity index (χ2v) is 4.72. The molecule has 0 unspecified atom stereocenters. The Balaban J connectivity index is 2.74. The van der Waals surface area contributed by atoms with E-state index in [4.69, 9.17) is 9.47 Å². The monoisotopic (exact) mass is 200 g/mol. The van der Waals surface area contributed by atoms with Crippen LogP contribution in [-0.2, 0) is 19.1 Å². The summed E-state index contributed by atoms with van der Waals surface area (Å²) in [6.45, 7) is 7.18. The van der Waals surface area contributed by atoms with E-state index in [0.717, 1.165) is 0 Å². The molecular weight excluding hydrogens is 184 g/mol. The van der Waals surface area contributed by atoms with Crippen molar-refractivity contribution in [2.45, 2.75) is 39.7 Å². The number of rotatable bonds is 1. The van der Waals surface area contributed by atoms with Gasteiger partial charge in [-0.05, 0) is 27.7 Å². The van der Waals surface area contributed by atoms with E-state index in [1.165, 1.54) is 0 Å². The predicted molar refractivity (Wildman–Crippen MR) is 49.5 cm³/mol. The van der Waals surface area contributed by atoms with Crippen LogP contribution < -0.4 is 0 Å². The second-order valence-electron chi connectivity index (χ2n) is 4.72. The maximum absolute atomic E-state index is 11.7. The molecule has 1 rings (SSSR count). The smallest absolute Gasteiger partial charge is 0.323 e. The standard InChI is InChI=1S/C10H16O4/c1-9(2,3)14-8(12)10(4)5-6-13-7(10)11/h5-6H2,1-4H3/t10-/m1/s1. The SMILES string of the molecule is CC(C)(C)OC(=O)[C@]1(C)CCOC1=O. The molecule has 0 bridgehead atoms. The Hall–Kier alpha value is -1.06. The maximum Gasteiger partial charge on any atom is 0.323 e. The molecule has 0 spiro atoms. The van der Waals surface area contributed by atoms with Crippen molar-refractivity contribution in [1.29, 1.82) is 0 Å². The van der Waals surface area contributed by atoms with E-state index in [1.807, 2.05) is 0 Å². The third-order valence-electron chi connectivity index (χ3n) is 2.14. The van der Waals surface area contributed by atoms with Gasteiger partial charge in [0.25, 0.3) is 0 Å². The molecule has 0 aromatic heterocycles. The summed E-state index contributed by atoms with van der Waals surface area (Å²) in [5.74, 6) is -0.973. The molecule has 1 fully saturated rings. The maximum atomic E-state index is 11.7. The summed E-state index contributed by atoms with van der Waals surface area (Å²) in [7, 11) is 0. The Morgan fingerprint density at radius 1 is 1.50 bits per heavy atom. The quantitative estimate of drug-likeness (QED) is 0.472. The topological polar surface area (TPSA) is 52.6 Å². The zero-order valence-corrected chi connectivity index (χ0v) is 9.05. The molecule has 14 heavy (non-hydrogen) atoms. The van der Waals surface area contributed by atoms with Gasteiger partial charge < -0.3 is 9.47 Å². The zero-order chi connectivity index (χ0) is 11.0. The zero-order valence-electron chi connectivity index (χ0n) is 9.05. The van der Waals surface area contributed by atoms with Crippen LogP contribution in [0.1, 0.15) is 34.1 Å². The van der Waals surface area contributed by atoms with Crippen LogP contribution in [0, 0.1) is 5.41 Å². The average molecular weight is 200 g/mol. The highest BCUT2D eigenvalue weighted by atomic mass is 16.6. The van der Waals surface area contributed by atoms with Crippen molar-refractivity contribution in [3.8, 4) is 0 Å². The van der Waals surface area contributed by atoms with E-state index in [9.17, 15) is 9.59 Å². The van der Waals surface area contributed by atoms with Gasteiger partial charge in [-0.3, -0.25) is 9.59 Å². The third kappa shape index (κ3) is 2.05. The first kappa shape index (κ1) is 11.0. The van der Waals surface area contributed by atoms with Crippen LogP contribution in [0.2, 0.25) is 0 Å². The van der Waals surface area contributed by atoms with Crippen LogP contribution in [0.4, 0.5) is 0 Å². The summed E-state index contributed by atoms with van der Waals surface area (Å²) in [5.41, 5.74) is -1.67. The summed E-state index contributed by atoms with van der Waals surface area (Å²) in [6.07, 6.45) is 0.404. The molecule has 0 N–H and O–H groups in total. The van der Waals surface area contributed by atoms with Gasteiger partial charge in [0.05, 0.1) is 6.61 Å². The molecule has 1 aliphatic rings.